The van der Waals surface area contributed by atoms with Gasteiger partial charge in [-0.05, 0) is 49.4 Å². The number of thiazole rings is 1. The Hall–Kier alpha value is -3.22. The van der Waals surface area contributed by atoms with Crippen LogP contribution in [0.2, 0.25) is 5.02 Å². The van der Waals surface area contributed by atoms with Crippen molar-refractivity contribution in [3.05, 3.63) is 88.4 Å². The van der Waals surface area contributed by atoms with E-state index in [4.69, 9.17) is 26.3 Å². The molecule has 4 aromatic rings. The first-order valence-electron chi connectivity index (χ1n) is 9.44. The van der Waals surface area contributed by atoms with E-state index in [2.05, 4.69) is 10.5 Å². The number of amidine groups is 1. The molecule has 0 unspecified atom stereocenters. The van der Waals surface area contributed by atoms with E-state index in [0.717, 1.165) is 32.2 Å². The van der Waals surface area contributed by atoms with Gasteiger partial charge in [0.05, 0.1) is 28.7 Å². The molecule has 5 nitrogen and oxygen atoms in total. The molecule has 0 aliphatic carbocycles. The van der Waals surface area contributed by atoms with E-state index < -0.39 is 0 Å². The highest BCUT2D eigenvalue weighted by atomic mass is 35.5. The van der Waals surface area contributed by atoms with Gasteiger partial charge in [0, 0.05) is 10.6 Å². The molecule has 0 aliphatic heterocycles. The van der Waals surface area contributed by atoms with Crippen molar-refractivity contribution >= 4 is 50.9 Å². The van der Waals surface area contributed by atoms with Gasteiger partial charge in [-0.2, -0.15) is 5.10 Å². The van der Waals surface area contributed by atoms with Gasteiger partial charge in [0.15, 0.2) is 10.8 Å². The maximum atomic E-state index is 6.21. The predicted octanol–water partition coefficient (Wildman–Crippen LogP) is 6.05. The molecule has 30 heavy (non-hydrogen) atoms. The Kier molecular flexibility index (Phi) is 6.37. The topological polar surface area (TPSA) is 58.9 Å². The monoisotopic (exact) mass is 434 g/mol. The SMILES string of the molecule is CCOc1ccc(N=C(N/N=C/c2ccccc2Cl)c2nc3ccccc3s2)cc1. The number of hydrogen-bond acceptors (Lipinski definition) is 5. The standard InChI is InChI=1S/C23H19ClN4OS/c1-2-29-18-13-11-17(12-14-18)26-22(23-27-20-9-5-6-10-21(20)30-23)28-25-15-16-7-3-4-8-19(16)24/h3-15H,2H2,1H3,(H,26,28)/b25-15+. The number of aliphatic imine (C=N–C) groups is 1. The highest BCUT2D eigenvalue weighted by molar-refractivity contribution is 7.20. The van der Waals surface area contributed by atoms with Crippen LogP contribution in [0.25, 0.3) is 10.2 Å². The highest BCUT2D eigenvalue weighted by Crippen LogP contribution is 2.24. The Morgan fingerprint density at radius 1 is 1.07 bits per heavy atom. The van der Waals surface area contributed by atoms with E-state index in [1.165, 1.54) is 0 Å². The fraction of sp³-hybridized carbons (Fsp3) is 0.0870. The number of halogens is 1. The van der Waals surface area contributed by atoms with E-state index in [1.807, 2.05) is 79.7 Å². The molecule has 150 valence electrons. The van der Waals surface area contributed by atoms with Crippen molar-refractivity contribution in [3.8, 4) is 5.75 Å². The summed E-state index contributed by atoms with van der Waals surface area (Å²) in [4.78, 5) is 9.43. The summed E-state index contributed by atoms with van der Waals surface area (Å²) in [5.41, 5.74) is 5.55. The van der Waals surface area contributed by atoms with Crippen LogP contribution in [0.5, 0.6) is 5.75 Å². The number of benzene rings is 3. The van der Waals surface area contributed by atoms with Crippen molar-refractivity contribution in [1.82, 2.24) is 10.4 Å². The average Bonchev–Trinajstić information content (AvgIpc) is 3.20. The van der Waals surface area contributed by atoms with Gasteiger partial charge in [0.1, 0.15) is 5.75 Å². The van der Waals surface area contributed by atoms with Gasteiger partial charge < -0.3 is 4.74 Å². The van der Waals surface area contributed by atoms with Crippen LogP contribution >= 0.6 is 22.9 Å². The van der Waals surface area contributed by atoms with Gasteiger partial charge in [0.2, 0.25) is 0 Å². The third-order valence-electron chi connectivity index (χ3n) is 4.16. The molecule has 3 aromatic carbocycles. The largest absolute Gasteiger partial charge is 0.494 e. The third kappa shape index (κ3) is 4.84. The van der Waals surface area contributed by atoms with Crippen LogP contribution in [0.4, 0.5) is 5.69 Å². The number of nitrogens with zero attached hydrogens (tertiary/aromatic N) is 3. The molecule has 0 saturated heterocycles. The quantitative estimate of drug-likeness (QED) is 0.228. The summed E-state index contributed by atoms with van der Waals surface area (Å²) in [7, 11) is 0. The molecule has 1 aromatic heterocycles. The number of hydrazone groups is 1. The van der Waals surface area contributed by atoms with Crippen molar-refractivity contribution in [2.24, 2.45) is 10.1 Å². The Morgan fingerprint density at radius 2 is 1.83 bits per heavy atom. The highest BCUT2D eigenvalue weighted by Gasteiger charge is 2.10. The molecule has 0 aliphatic rings. The number of hydrogen-bond donors (Lipinski definition) is 1. The zero-order valence-electron chi connectivity index (χ0n) is 16.2. The van der Waals surface area contributed by atoms with Crippen LogP contribution < -0.4 is 10.2 Å². The molecular formula is C23H19ClN4OS. The fourth-order valence-corrected chi connectivity index (χ4v) is 3.84. The molecule has 0 atom stereocenters. The van der Waals surface area contributed by atoms with Gasteiger partial charge in [-0.25, -0.2) is 9.98 Å². The van der Waals surface area contributed by atoms with Crippen LogP contribution in [-0.2, 0) is 0 Å². The van der Waals surface area contributed by atoms with Crippen LogP contribution in [0.3, 0.4) is 0 Å². The lowest BCUT2D eigenvalue weighted by Gasteiger charge is -2.05. The first-order chi connectivity index (χ1) is 14.7. The van der Waals surface area contributed by atoms with Crippen molar-refractivity contribution in [2.75, 3.05) is 6.61 Å². The summed E-state index contributed by atoms with van der Waals surface area (Å²) in [5, 5.41) is 5.73. The molecule has 1 heterocycles. The van der Waals surface area contributed by atoms with Crippen LogP contribution in [0, 0.1) is 0 Å². The number of rotatable bonds is 6. The molecule has 0 fully saturated rings. The maximum absolute atomic E-state index is 6.21. The predicted molar refractivity (Wildman–Crippen MR) is 126 cm³/mol. The number of aromatic nitrogens is 1. The second-order valence-corrected chi connectivity index (χ2v) is 7.70. The van der Waals surface area contributed by atoms with Crippen molar-refractivity contribution < 1.29 is 4.74 Å². The third-order valence-corrected chi connectivity index (χ3v) is 5.55. The molecule has 1 N–H and O–H groups in total. The Balaban J connectivity index is 1.66. The smallest absolute Gasteiger partial charge is 0.183 e. The number of fused-ring (bicyclic) bond motifs is 1. The normalized spacial score (nSPS) is 11.9. The van der Waals surface area contributed by atoms with Gasteiger partial charge in [-0.3, -0.25) is 5.43 Å². The van der Waals surface area contributed by atoms with E-state index in [9.17, 15) is 0 Å². The first kappa shape index (κ1) is 20.1. The zero-order chi connectivity index (χ0) is 20.8. The van der Waals surface area contributed by atoms with Crippen LogP contribution in [-0.4, -0.2) is 23.6 Å². The molecule has 0 saturated carbocycles. The minimum absolute atomic E-state index is 0.559. The molecule has 0 spiro atoms. The summed E-state index contributed by atoms with van der Waals surface area (Å²) >= 11 is 7.77. The van der Waals surface area contributed by atoms with Gasteiger partial charge in [-0.15, -0.1) is 11.3 Å². The summed E-state index contributed by atoms with van der Waals surface area (Å²) in [5.74, 6) is 1.37. The van der Waals surface area contributed by atoms with Crippen molar-refractivity contribution in [2.45, 2.75) is 6.92 Å². The molecule has 7 heteroatoms. The summed E-state index contributed by atoms with van der Waals surface area (Å²) in [6.07, 6.45) is 1.67. The zero-order valence-corrected chi connectivity index (χ0v) is 17.8. The van der Waals surface area contributed by atoms with Crippen LogP contribution in [0.1, 0.15) is 17.5 Å². The van der Waals surface area contributed by atoms with Crippen molar-refractivity contribution in [3.63, 3.8) is 0 Å². The minimum Gasteiger partial charge on any atom is -0.494 e. The average molecular weight is 435 g/mol. The fourth-order valence-electron chi connectivity index (χ4n) is 2.75. The van der Waals surface area contributed by atoms with Gasteiger partial charge in [-0.1, -0.05) is 41.9 Å². The van der Waals surface area contributed by atoms with Gasteiger partial charge in [0.25, 0.3) is 0 Å². The molecule has 4 rings (SSSR count). The van der Waals surface area contributed by atoms with Crippen molar-refractivity contribution in [1.29, 1.82) is 0 Å². The second-order valence-electron chi connectivity index (χ2n) is 6.27. The van der Waals surface area contributed by atoms with E-state index in [0.29, 0.717) is 17.5 Å². The number of nitrogens with one attached hydrogen (secondary N) is 1. The molecule has 0 radical (unpaired) electrons. The van der Waals surface area contributed by atoms with Gasteiger partial charge >= 0.3 is 0 Å². The van der Waals surface area contributed by atoms with E-state index in [-0.39, 0.29) is 0 Å². The minimum atomic E-state index is 0.559. The Morgan fingerprint density at radius 3 is 2.60 bits per heavy atom. The van der Waals surface area contributed by atoms with E-state index >= 15 is 0 Å². The summed E-state index contributed by atoms with van der Waals surface area (Å²) in [6, 6.07) is 23.1. The summed E-state index contributed by atoms with van der Waals surface area (Å²) < 4.78 is 6.59. The molecule has 0 bridgehead atoms. The summed E-state index contributed by atoms with van der Waals surface area (Å²) in [6.45, 7) is 2.58. The molecule has 0 amide bonds. The lowest BCUT2D eigenvalue weighted by atomic mass is 10.2. The lowest BCUT2D eigenvalue weighted by molar-refractivity contribution is 0.340. The lowest BCUT2D eigenvalue weighted by Crippen LogP contribution is -2.18. The second kappa shape index (κ2) is 9.52. The number of ether oxygens (including phenoxy) is 1. The van der Waals surface area contributed by atoms with Crippen LogP contribution in [0.15, 0.2) is 82.9 Å². The Labute approximate surface area is 183 Å². The maximum Gasteiger partial charge on any atom is 0.183 e. The molecular weight excluding hydrogens is 416 g/mol. The van der Waals surface area contributed by atoms with E-state index in [1.54, 1.807) is 17.6 Å². The Bertz CT molecular complexity index is 1170. The first-order valence-corrected chi connectivity index (χ1v) is 10.6. The number of para-hydroxylation sites is 1.